The quantitative estimate of drug-likeness (QED) is 0.432. The lowest BCUT2D eigenvalue weighted by Gasteiger charge is -2.04. The van der Waals surface area contributed by atoms with E-state index in [0.717, 1.165) is 16.9 Å². The number of hydrogen-bond donors (Lipinski definition) is 0. The molecule has 16 heavy (non-hydrogen) atoms. The van der Waals surface area contributed by atoms with E-state index in [0.29, 0.717) is 0 Å². The van der Waals surface area contributed by atoms with Crippen LogP contribution in [0.1, 0.15) is 11.1 Å². The topological polar surface area (TPSA) is 35.5 Å². The highest BCUT2D eigenvalue weighted by Gasteiger charge is 1.95. The SMILES string of the molecule is COC(=O)C#CCOc1cc(C)cc(C)c1. The molecule has 84 valence electrons. The fourth-order valence-electron chi connectivity index (χ4n) is 1.29. The molecule has 0 aliphatic rings. The lowest BCUT2D eigenvalue weighted by Crippen LogP contribution is -1.98. The second-order valence-corrected chi connectivity index (χ2v) is 3.41. The molecule has 0 aliphatic heterocycles. The van der Waals surface area contributed by atoms with Gasteiger partial charge in [-0.1, -0.05) is 6.07 Å². The molecule has 1 aromatic carbocycles. The molecule has 0 spiro atoms. The van der Waals surface area contributed by atoms with Gasteiger partial charge in [-0.05, 0) is 43.0 Å². The predicted octanol–water partition coefficient (Wildman–Crippen LogP) is 1.86. The molecule has 3 nitrogen and oxygen atoms in total. The number of aryl methyl sites for hydroxylation is 2. The third-order valence-electron chi connectivity index (χ3n) is 1.88. The largest absolute Gasteiger partial charge is 0.481 e. The highest BCUT2D eigenvalue weighted by molar-refractivity contribution is 5.88. The first-order chi connectivity index (χ1) is 7.61. The Morgan fingerprint density at radius 1 is 1.25 bits per heavy atom. The minimum atomic E-state index is -0.552. The van der Waals surface area contributed by atoms with Crippen molar-refractivity contribution < 1.29 is 14.3 Å². The monoisotopic (exact) mass is 218 g/mol. The smallest absolute Gasteiger partial charge is 0.384 e. The van der Waals surface area contributed by atoms with Gasteiger partial charge in [0.05, 0.1) is 7.11 Å². The summed E-state index contributed by atoms with van der Waals surface area (Å²) in [6.07, 6.45) is 0. The Balaban J connectivity index is 2.54. The van der Waals surface area contributed by atoms with Gasteiger partial charge in [-0.3, -0.25) is 0 Å². The summed E-state index contributed by atoms with van der Waals surface area (Å²) in [5.74, 6) is 5.08. The van der Waals surface area contributed by atoms with E-state index < -0.39 is 5.97 Å². The van der Waals surface area contributed by atoms with Crippen LogP contribution in [0.2, 0.25) is 0 Å². The molecule has 0 aliphatic carbocycles. The van der Waals surface area contributed by atoms with Crippen LogP contribution in [-0.4, -0.2) is 19.7 Å². The zero-order valence-electron chi connectivity index (χ0n) is 9.66. The molecular formula is C13H14O3. The average molecular weight is 218 g/mol. The molecule has 0 amide bonds. The summed E-state index contributed by atoms with van der Waals surface area (Å²) >= 11 is 0. The Labute approximate surface area is 95.4 Å². The van der Waals surface area contributed by atoms with Crippen LogP contribution in [0.4, 0.5) is 0 Å². The molecule has 0 atom stereocenters. The number of ether oxygens (including phenoxy) is 2. The van der Waals surface area contributed by atoms with Crippen LogP contribution in [0.3, 0.4) is 0 Å². The number of carbonyl (C=O) groups is 1. The Morgan fingerprint density at radius 3 is 2.44 bits per heavy atom. The first-order valence-electron chi connectivity index (χ1n) is 4.89. The molecule has 0 bridgehead atoms. The van der Waals surface area contributed by atoms with Crippen molar-refractivity contribution in [2.75, 3.05) is 13.7 Å². The van der Waals surface area contributed by atoms with Gasteiger partial charge in [-0.25, -0.2) is 4.79 Å². The summed E-state index contributed by atoms with van der Waals surface area (Å²) < 4.78 is 9.75. The maximum absolute atomic E-state index is 10.7. The van der Waals surface area contributed by atoms with Crippen molar-refractivity contribution >= 4 is 5.97 Å². The highest BCUT2D eigenvalue weighted by Crippen LogP contribution is 2.15. The molecule has 0 heterocycles. The van der Waals surface area contributed by atoms with Crippen molar-refractivity contribution in [3.63, 3.8) is 0 Å². The Morgan fingerprint density at radius 2 is 1.88 bits per heavy atom. The van der Waals surface area contributed by atoms with Crippen LogP contribution >= 0.6 is 0 Å². The number of methoxy groups -OCH3 is 1. The van der Waals surface area contributed by atoms with E-state index in [-0.39, 0.29) is 6.61 Å². The first kappa shape index (κ1) is 12.1. The van der Waals surface area contributed by atoms with Crippen molar-refractivity contribution in [3.05, 3.63) is 29.3 Å². The van der Waals surface area contributed by atoms with Gasteiger partial charge in [0.1, 0.15) is 12.4 Å². The van der Waals surface area contributed by atoms with Gasteiger partial charge in [0.25, 0.3) is 0 Å². The van der Waals surface area contributed by atoms with Gasteiger partial charge in [0.2, 0.25) is 0 Å². The number of hydrogen-bond acceptors (Lipinski definition) is 3. The van der Waals surface area contributed by atoms with Gasteiger partial charge >= 0.3 is 5.97 Å². The molecule has 0 aromatic heterocycles. The van der Waals surface area contributed by atoms with Crippen molar-refractivity contribution in [2.45, 2.75) is 13.8 Å². The van der Waals surface area contributed by atoms with Gasteiger partial charge in [-0.2, -0.15) is 0 Å². The Kier molecular flexibility index (Phi) is 4.41. The van der Waals surface area contributed by atoms with Crippen molar-refractivity contribution in [1.82, 2.24) is 0 Å². The lowest BCUT2D eigenvalue weighted by molar-refractivity contribution is -0.133. The van der Waals surface area contributed by atoms with E-state index in [9.17, 15) is 4.79 Å². The van der Waals surface area contributed by atoms with Crippen molar-refractivity contribution in [1.29, 1.82) is 0 Å². The minimum absolute atomic E-state index is 0.179. The third-order valence-corrected chi connectivity index (χ3v) is 1.88. The summed E-state index contributed by atoms with van der Waals surface area (Å²) in [6, 6.07) is 5.91. The third kappa shape index (κ3) is 4.05. The molecule has 1 aromatic rings. The molecule has 0 N–H and O–H groups in total. The van der Waals surface area contributed by atoms with E-state index in [1.54, 1.807) is 0 Å². The molecule has 3 heteroatoms. The number of benzene rings is 1. The van der Waals surface area contributed by atoms with E-state index in [2.05, 4.69) is 22.6 Å². The molecule has 0 unspecified atom stereocenters. The molecule has 0 saturated heterocycles. The molecule has 0 radical (unpaired) electrons. The van der Waals surface area contributed by atoms with Crippen LogP contribution in [0.15, 0.2) is 18.2 Å². The molecule has 0 fully saturated rings. The lowest BCUT2D eigenvalue weighted by atomic mass is 10.1. The summed E-state index contributed by atoms with van der Waals surface area (Å²) in [6.45, 7) is 4.18. The second-order valence-electron chi connectivity index (χ2n) is 3.41. The summed E-state index contributed by atoms with van der Waals surface area (Å²) in [5, 5.41) is 0. The maximum atomic E-state index is 10.7. The van der Waals surface area contributed by atoms with E-state index in [1.807, 2.05) is 26.0 Å². The van der Waals surface area contributed by atoms with Gasteiger partial charge in [0.15, 0.2) is 0 Å². The van der Waals surface area contributed by atoms with E-state index in [1.165, 1.54) is 7.11 Å². The number of carbonyl (C=O) groups excluding carboxylic acids is 1. The van der Waals surface area contributed by atoms with Crippen LogP contribution < -0.4 is 4.74 Å². The normalized spacial score (nSPS) is 8.94. The first-order valence-corrected chi connectivity index (χ1v) is 4.89. The fourth-order valence-corrected chi connectivity index (χ4v) is 1.29. The van der Waals surface area contributed by atoms with Gasteiger partial charge in [0, 0.05) is 5.92 Å². The van der Waals surface area contributed by atoms with Crippen molar-refractivity contribution in [2.24, 2.45) is 0 Å². The van der Waals surface area contributed by atoms with Crippen LogP contribution in [0, 0.1) is 25.7 Å². The highest BCUT2D eigenvalue weighted by atomic mass is 16.5. The summed E-state index contributed by atoms with van der Waals surface area (Å²) in [4.78, 5) is 10.7. The summed E-state index contributed by atoms with van der Waals surface area (Å²) in [7, 11) is 1.29. The van der Waals surface area contributed by atoms with Crippen molar-refractivity contribution in [3.8, 4) is 17.6 Å². The Bertz CT molecular complexity index is 418. The molecular weight excluding hydrogens is 204 g/mol. The Hall–Kier alpha value is -1.95. The summed E-state index contributed by atoms with van der Waals surface area (Å²) in [5.41, 5.74) is 2.27. The zero-order valence-corrected chi connectivity index (χ0v) is 9.66. The van der Waals surface area contributed by atoms with Gasteiger partial charge in [-0.15, -0.1) is 0 Å². The van der Waals surface area contributed by atoms with Crippen LogP contribution in [0.5, 0.6) is 5.75 Å². The minimum Gasteiger partial charge on any atom is -0.481 e. The molecule has 1 rings (SSSR count). The zero-order chi connectivity index (χ0) is 12.0. The van der Waals surface area contributed by atoms with Gasteiger partial charge < -0.3 is 9.47 Å². The van der Waals surface area contributed by atoms with Crippen LogP contribution in [-0.2, 0) is 9.53 Å². The standard InChI is InChI=1S/C13H14O3/c1-10-7-11(2)9-12(8-10)16-6-4-5-13(14)15-3/h7-9H,6H2,1-3H3. The van der Waals surface area contributed by atoms with Crippen LogP contribution in [0.25, 0.3) is 0 Å². The second kappa shape index (κ2) is 5.82. The number of rotatable bonds is 2. The van der Waals surface area contributed by atoms with E-state index in [4.69, 9.17) is 4.74 Å². The fraction of sp³-hybridized carbons (Fsp3) is 0.308. The number of esters is 1. The molecule has 0 saturated carbocycles. The average Bonchev–Trinajstić information content (AvgIpc) is 2.22. The van der Waals surface area contributed by atoms with E-state index >= 15 is 0 Å². The predicted molar refractivity (Wildman–Crippen MR) is 61.2 cm³/mol. The maximum Gasteiger partial charge on any atom is 0.384 e.